The van der Waals surface area contributed by atoms with Crippen LogP contribution < -0.4 is 0 Å². The second-order valence-electron chi connectivity index (χ2n) is 3.82. The molecule has 83 valence electrons. The van der Waals surface area contributed by atoms with Gasteiger partial charge >= 0.3 is 0 Å². The van der Waals surface area contributed by atoms with Crippen molar-refractivity contribution in [2.45, 2.75) is 26.2 Å². The van der Waals surface area contributed by atoms with E-state index in [9.17, 15) is 0 Å². The van der Waals surface area contributed by atoms with E-state index < -0.39 is 0 Å². The van der Waals surface area contributed by atoms with Crippen LogP contribution in [0, 0.1) is 7.05 Å². The molecule has 0 amide bonds. The molecule has 0 spiro atoms. The first-order valence-corrected chi connectivity index (χ1v) is 5.63. The van der Waals surface area contributed by atoms with Crippen LogP contribution in [0.3, 0.4) is 0 Å². The maximum atomic E-state index is 4.51. The van der Waals surface area contributed by atoms with Gasteiger partial charge in [-0.2, -0.15) is 5.10 Å². The Morgan fingerprint density at radius 1 is 1.25 bits per heavy atom. The highest BCUT2D eigenvalue weighted by Crippen LogP contribution is 2.15. The summed E-state index contributed by atoms with van der Waals surface area (Å²) >= 11 is 0. The average Bonchev–Trinajstić information content (AvgIpc) is 2.69. The van der Waals surface area contributed by atoms with E-state index in [0.29, 0.717) is 0 Å². The zero-order valence-electron chi connectivity index (χ0n) is 9.56. The molecule has 0 saturated carbocycles. The molecule has 2 rings (SSSR count). The molecule has 3 nitrogen and oxygen atoms in total. The van der Waals surface area contributed by atoms with Crippen molar-refractivity contribution in [2.24, 2.45) is 0 Å². The summed E-state index contributed by atoms with van der Waals surface area (Å²) in [6, 6.07) is 10.00. The van der Waals surface area contributed by atoms with E-state index in [2.05, 4.69) is 24.1 Å². The van der Waals surface area contributed by atoms with Crippen LogP contribution in [0.2, 0.25) is 0 Å². The van der Waals surface area contributed by atoms with Crippen LogP contribution in [0.15, 0.2) is 30.3 Å². The fourth-order valence-electron chi connectivity index (χ4n) is 1.60. The maximum absolute atomic E-state index is 4.51. The molecule has 0 aliphatic carbocycles. The molecule has 16 heavy (non-hydrogen) atoms. The van der Waals surface area contributed by atoms with Gasteiger partial charge in [0.2, 0.25) is 0 Å². The first-order chi connectivity index (χ1) is 7.81. The number of aryl methyl sites for hydroxylation is 1. The van der Waals surface area contributed by atoms with Gasteiger partial charge in [-0.25, -0.2) is 9.67 Å². The van der Waals surface area contributed by atoms with Gasteiger partial charge in [-0.1, -0.05) is 43.7 Å². The van der Waals surface area contributed by atoms with Crippen molar-refractivity contribution in [1.29, 1.82) is 0 Å². The van der Waals surface area contributed by atoms with Crippen LogP contribution in [0.5, 0.6) is 0 Å². The van der Waals surface area contributed by atoms with E-state index in [4.69, 9.17) is 0 Å². The third-order valence-corrected chi connectivity index (χ3v) is 2.53. The third kappa shape index (κ3) is 2.30. The summed E-state index contributed by atoms with van der Waals surface area (Å²) < 4.78 is 1.64. The Hall–Kier alpha value is -1.64. The highest BCUT2D eigenvalue weighted by Gasteiger charge is 2.07. The third-order valence-electron chi connectivity index (χ3n) is 2.53. The number of aromatic nitrogens is 3. The Morgan fingerprint density at radius 3 is 2.69 bits per heavy atom. The Labute approximate surface area is 96.1 Å². The summed E-state index contributed by atoms with van der Waals surface area (Å²) in [5.74, 6) is 1.72. The van der Waals surface area contributed by atoms with E-state index in [1.165, 1.54) is 0 Å². The van der Waals surface area contributed by atoms with Crippen molar-refractivity contribution in [3.63, 3.8) is 0 Å². The van der Waals surface area contributed by atoms with E-state index in [1.54, 1.807) is 4.68 Å². The molecule has 0 aliphatic rings. The molecular formula is C13H16N3. The van der Waals surface area contributed by atoms with E-state index in [1.807, 2.05) is 30.3 Å². The first kappa shape index (κ1) is 10.9. The van der Waals surface area contributed by atoms with Crippen LogP contribution in [0.25, 0.3) is 11.4 Å². The molecule has 0 bridgehead atoms. The van der Waals surface area contributed by atoms with Crippen molar-refractivity contribution in [3.05, 3.63) is 43.2 Å². The van der Waals surface area contributed by atoms with Crippen molar-refractivity contribution in [1.82, 2.24) is 14.8 Å². The van der Waals surface area contributed by atoms with Crippen molar-refractivity contribution in [2.75, 3.05) is 0 Å². The average molecular weight is 214 g/mol. The molecular weight excluding hydrogens is 198 g/mol. The van der Waals surface area contributed by atoms with Gasteiger partial charge in [0, 0.05) is 12.0 Å². The number of nitrogens with zero attached hydrogens (tertiary/aromatic N) is 3. The molecule has 0 N–H and O–H groups in total. The van der Waals surface area contributed by atoms with Gasteiger partial charge in [0.1, 0.15) is 5.82 Å². The van der Waals surface area contributed by atoms with Crippen molar-refractivity contribution >= 4 is 0 Å². The van der Waals surface area contributed by atoms with E-state index >= 15 is 0 Å². The summed E-state index contributed by atoms with van der Waals surface area (Å²) in [6.45, 7) is 2.17. The van der Waals surface area contributed by atoms with Gasteiger partial charge in [0.15, 0.2) is 5.82 Å². The molecule has 1 aromatic heterocycles. The summed E-state index contributed by atoms with van der Waals surface area (Å²) in [5, 5.41) is 4.33. The second kappa shape index (κ2) is 4.92. The summed E-state index contributed by atoms with van der Waals surface area (Å²) in [5.41, 5.74) is 1.04. The minimum Gasteiger partial charge on any atom is -0.248 e. The van der Waals surface area contributed by atoms with Gasteiger partial charge < -0.3 is 0 Å². The van der Waals surface area contributed by atoms with Crippen LogP contribution in [0.1, 0.15) is 25.6 Å². The highest BCUT2D eigenvalue weighted by molar-refractivity contribution is 5.54. The zero-order chi connectivity index (χ0) is 11.4. The van der Waals surface area contributed by atoms with E-state index in [0.717, 1.165) is 36.5 Å². The summed E-state index contributed by atoms with van der Waals surface area (Å²) in [7, 11) is 3.86. The van der Waals surface area contributed by atoms with Crippen LogP contribution in [0.4, 0.5) is 0 Å². The predicted octanol–water partition coefficient (Wildman–Crippen LogP) is 2.93. The first-order valence-electron chi connectivity index (χ1n) is 5.63. The van der Waals surface area contributed by atoms with Gasteiger partial charge in [-0.05, 0) is 6.42 Å². The molecule has 1 heterocycles. The molecule has 0 aliphatic heterocycles. The summed E-state index contributed by atoms with van der Waals surface area (Å²) in [6.07, 6.45) is 3.23. The highest BCUT2D eigenvalue weighted by atomic mass is 15.3. The summed E-state index contributed by atoms with van der Waals surface area (Å²) in [4.78, 5) is 4.51. The molecule has 1 radical (unpaired) electrons. The van der Waals surface area contributed by atoms with Crippen LogP contribution >= 0.6 is 0 Å². The molecule has 0 atom stereocenters. The lowest BCUT2D eigenvalue weighted by Gasteiger charge is -1.95. The second-order valence-corrected chi connectivity index (χ2v) is 3.82. The molecule has 0 unspecified atom stereocenters. The Balaban J connectivity index is 2.24. The number of rotatable bonds is 4. The molecule has 2 aromatic rings. The number of hydrogen-bond acceptors (Lipinski definition) is 2. The van der Waals surface area contributed by atoms with Gasteiger partial charge in [0.25, 0.3) is 0 Å². The molecule has 3 heteroatoms. The molecule has 0 fully saturated rings. The van der Waals surface area contributed by atoms with Crippen molar-refractivity contribution in [3.8, 4) is 11.4 Å². The van der Waals surface area contributed by atoms with Gasteiger partial charge in [0.05, 0.1) is 7.05 Å². The van der Waals surface area contributed by atoms with E-state index in [-0.39, 0.29) is 0 Å². The monoisotopic (exact) mass is 214 g/mol. The number of benzene rings is 1. The Bertz CT molecular complexity index is 445. The topological polar surface area (TPSA) is 30.7 Å². The fourth-order valence-corrected chi connectivity index (χ4v) is 1.60. The fraction of sp³-hybridized carbons (Fsp3) is 0.308. The lowest BCUT2D eigenvalue weighted by atomic mass is 10.2. The quantitative estimate of drug-likeness (QED) is 0.783. The lowest BCUT2D eigenvalue weighted by Crippen LogP contribution is -1.96. The smallest absolute Gasteiger partial charge is 0.181 e. The number of hydrogen-bond donors (Lipinski definition) is 0. The largest absolute Gasteiger partial charge is 0.248 e. The van der Waals surface area contributed by atoms with Crippen LogP contribution in [-0.2, 0) is 6.42 Å². The zero-order valence-corrected chi connectivity index (χ0v) is 9.56. The predicted molar refractivity (Wildman–Crippen MR) is 64.8 cm³/mol. The number of unbranched alkanes of at least 4 members (excludes halogenated alkanes) is 1. The Morgan fingerprint density at radius 2 is 2.00 bits per heavy atom. The minimum atomic E-state index is 0.765. The van der Waals surface area contributed by atoms with Crippen molar-refractivity contribution < 1.29 is 0 Å². The van der Waals surface area contributed by atoms with Gasteiger partial charge in [-0.15, -0.1) is 0 Å². The maximum Gasteiger partial charge on any atom is 0.181 e. The minimum absolute atomic E-state index is 0.765. The van der Waals surface area contributed by atoms with Gasteiger partial charge in [-0.3, -0.25) is 0 Å². The van der Waals surface area contributed by atoms with Crippen LogP contribution in [-0.4, -0.2) is 14.8 Å². The Kier molecular flexibility index (Phi) is 3.34. The standard InChI is InChI=1S/C13H16N3/c1-3-4-10-12-14-13(15-16(12)2)11-8-6-5-7-9-11/h5-9H,2-4,10H2,1H3. The molecule has 0 saturated heterocycles. The lowest BCUT2D eigenvalue weighted by molar-refractivity contribution is 0.712. The molecule has 1 aromatic carbocycles. The normalized spacial score (nSPS) is 10.6. The SMILES string of the molecule is [CH2]n1nc(-c2ccccc2)nc1CCCC.